The number of aliphatic hydroxyl groups excluding tert-OH is 1. The molecule has 1 aromatic rings. The molecule has 0 spiro atoms. The Morgan fingerprint density at radius 1 is 1.37 bits per heavy atom. The molecule has 0 aliphatic heterocycles. The second-order valence-electron chi connectivity index (χ2n) is 5.51. The summed E-state index contributed by atoms with van der Waals surface area (Å²) in [5.41, 5.74) is 0.990. The Morgan fingerprint density at radius 2 is 2.16 bits per heavy atom. The normalized spacial score (nSPS) is 22.3. The zero-order valence-electron chi connectivity index (χ0n) is 11.8. The van der Waals surface area contributed by atoms with Gasteiger partial charge in [-0.05, 0) is 32.2 Å². The van der Waals surface area contributed by atoms with Gasteiger partial charge in [0.1, 0.15) is 5.82 Å². The first-order valence-corrected chi connectivity index (χ1v) is 7.08. The largest absolute Gasteiger partial charge is 0.393 e. The quantitative estimate of drug-likeness (QED) is 0.781. The van der Waals surface area contributed by atoms with E-state index in [9.17, 15) is 5.11 Å². The third kappa shape index (κ3) is 4.44. The fourth-order valence-electron chi connectivity index (χ4n) is 2.41. The van der Waals surface area contributed by atoms with Crippen molar-refractivity contribution >= 4 is 5.82 Å². The van der Waals surface area contributed by atoms with E-state index < -0.39 is 0 Å². The van der Waals surface area contributed by atoms with Crippen molar-refractivity contribution in [3.05, 3.63) is 18.1 Å². The van der Waals surface area contributed by atoms with Crippen LogP contribution < -0.4 is 5.32 Å². The summed E-state index contributed by atoms with van der Waals surface area (Å²) < 4.78 is 0. The monoisotopic (exact) mass is 264 g/mol. The Labute approximate surface area is 115 Å². The molecule has 5 nitrogen and oxygen atoms in total. The molecule has 1 saturated carbocycles. The molecule has 0 amide bonds. The summed E-state index contributed by atoms with van der Waals surface area (Å²) in [7, 11) is 2.09. The molecule has 0 radical (unpaired) electrons. The standard InChI is InChI=1S/C14H24N4O/c1-3-4-15-14-8-16-12(7-17-14)10-18(2)9-11-5-13(19)6-11/h7-8,11,13,19H,3-6,9-10H2,1-2H3,(H,15,17). The Bertz CT molecular complexity index is 376. The highest BCUT2D eigenvalue weighted by Crippen LogP contribution is 2.27. The van der Waals surface area contributed by atoms with E-state index in [1.54, 1.807) is 6.20 Å². The van der Waals surface area contributed by atoms with E-state index in [0.29, 0.717) is 5.92 Å². The molecule has 1 aliphatic carbocycles. The third-order valence-corrected chi connectivity index (χ3v) is 3.47. The second-order valence-corrected chi connectivity index (χ2v) is 5.51. The average Bonchev–Trinajstić information content (AvgIpc) is 2.36. The van der Waals surface area contributed by atoms with Crippen LogP contribution in [0.2, 0.25) is 0 Å². The van der Waals surface area contributed by atoms with Gasteiger partial charge in [0.2, 0.25) is 0 Å². The number of aliphatic hydroxyl groups is 1. The minimum Gasteiger partial charge on any atom is -0.393 e. The summed E-state index contributed by atoms with van der Waals surface area (Å²) in [5.74, 6) is 1.48. The van der Waals surface area contributed by atoms with Crippen molar-refractivity contribution in [2.75, 3.05) is 25.5 Å². The van der Waals surface area contributed by atoms with Gasteiger partial charge >= 0.3 is 0 Å². The topological polar surface area (TPSA) is 61.3 Å². The lowest BCUT2D eigenvalue weighted by atomic mass is 9.82. The van der Waals surface area contributed by atoms with Gasteiger partial charge in [0.25, 0.3) is 0 Å². The molecule has 19 heavy (non-hydrogen) atoms. The van der Waals surface area contributed by atoms with Crippen LogP contribution in [0, 0.1) is 5.92 Å². The highest BCUT2D eigenvalue weighted by Gasteiger charge is 2.27. The van der Waals surface area contributed by atoms with E-state index in [-0.39, 0.29) is 6.10 Å². The molecule has 5 heteroatoms. The van der Waals surface area contributed by atoms with Crippen molar-refractivity contribution in [1.29, 1.82) is 0 Å². The third-order valence-electron chi connectivity index (χ3n) is 3.47. The summed E-state index contributed by atoms with van der Waals surface area (Å²) in [4.78, 5) is 11.0. The van der Waals surface area contributed by atoms with Crippen LogP contribution in [-0.2, 0) is 6.54 Å². The van der Waals surface area contributed by atoms with Gasteiger partial charge in [-0.2, -0.15) is 0 Å². The average molecular weight is 264 g/mol. The summed E-state index contributed by atoms with van der Waals surface area (Å²) in [6.07, 6.45) is 6.53. The smallest absolute Gasteiger partial charge is 0.144 e. The summed E-state index contributed by atoms with van der Waals surface area (Å²) in [6.45, 7) is 4.89. The number of hydrogen-bond donors (Lipinski definition) is 2. The number of aromatic nitrogens is 2. The maximum atomic E-state index is 9.27. The van der Waals surface area contributed by atoms with Crippen molar-refractivity contribution in [1.82, 2.24) is 14.9 Å². The van der Waals surface area contributed by atoms with Crippen LogP contribution in [0.15, 0.2) is 12.4 Å². The predicted molar refractivity (Wildman–Crippen MR) is 75.9 cm³/mol. The van der Waals surface area contributed by atoms with Crippen molar-refractivity contribution in [2.24, 2.45) is 5.92 Å². The number of rotatable bonds is 7. The van der Waals surface area contributed by atoms with Gasteiger partial charge in [0.05, 0.1) is 24.2 Å². The van der Waals surface area contributed by atoms with Gasteiger partial charge < -0.3 is 15.3 Å². The van der Waals surface area contributed by atoms with Crippen molar-refractivity contribution in [3.8, 4) is 0 Å². The summed E-state index contributed by atoms with van der Waals surface area (Å²) in [6, 6.07) is 0. The first-order valence-electron chi connectivity index (χ1n) is 7.08. The first-order chi connectivity index (χ1) is 9.17. The zero-order chi connectivity index (χ0) is 13.7. The maximum absolute atomic E-state index is 9.27. The molecule has 1 aromatic heterocycles. The van der Waals surface area contributed by atoms with Crippen LogP contribution in [0.5, 0.6) is 0 Å². The summed E-state index contributed by atoms with van der Waals surface area (Å²) in [5, 5.41) is 12.5. The molecule has 0 saturated heterocycles. The molecule has 0 bridgehead atoms. The van der Waals surface area contributed by atoms with Crippen LogP contribution in [0.4, 0.5) is 5.82 Å². The van der Waals surface area contributed by atoms with Crippen LogP contribution >= 0.6 is 0 Å². The fourth-order valence-corrected chi connectivity index (χ4v) is 2.41. The molecule has 0 unspecified atom stereocenters. The van der Waals surface area contributed by atoms with Gasteiger partial charge in [0.15, 0.2) is 0 Å². The second kappa shape index (κ2) is 6.82. The molecule has 0 atom stereocenters. The van der Waals surface area contributed by atoms with Gasteiger partial charge in [-0.15, -0.1) is 0 Å². The minimum absolute atomic E-state index is 0.0675. The van der Waals surface area contributed by atoms with Crippen molar-refractivity contribution < 1.29 is 5.11 Å². The molecular formula is C14H24N4O. The van der Waals surface area contributed by atoms with Crippen LogP contribution in [-0.4, -0.2) is 46.2 Å². The Kier molecular flexibility index (Phi) is 5.10. The maximum Gasteiger partial charge on any atom is 0.144 e. The minimum atomic E-state index is -0.0675. The molecule has 0 aromatic carbocycles. The lowest BCUT2D eigenvalue weighted by molar-refractivity contribution is 0.0272. The van der Waals surface area contributed by atoms with E-state index in [4.69, 9.17) is 0 Å². The molecule has 106 valence electrons. The lowest BCUT2D eigenvalue weighted by Gasteiger charge is -2.34. The first kappa shape index (κ1) is 14.2. The molecule has 2 N–H and O–H groups in total. The Balaban J connectivity index is 1.75. The molecule has 1 aliphatic rings. The van der Waals surface area contributed by atoms with E-state index in [1.807, 2.05) is 6.20 Å². The van der Waals surface area contributed by atoms with Crippen LogP contribution in [0.1, 0.15) is 31.9 Å². The van der Waals surface area contributed by atoms with E-state index in [1.165, 1.54) is 0 Å². The molecule has 2 rings (SSSR count). The highest BCUT2D eigenvalue weighted by atomic mass is 16.3. The van der Waals surface area contributed by atoms with Crippen LogP contribution in [0.25, 0.3) is 0 Å². The predicted octanol–water partition coefficient (Wildman–Crippen LogP) is 1.50. The zero-order valence-corrected chi connectivity index (χ0v) is 11.8. The van der Waals surface area contributed by atoms with Gasteiger partial charge in [-0.3, -0.25) is 4.98 Å². The number of nitrogens with one attached hydrogen (secondary N) is 1. The van der Waals surface area contributed by atoms with E-state index in [2.05, 4.69) is 34.2 Å². The van der Waals surface area contributed by atoms with E-state index in [0.717, 1.165) is 50.4 Å². The van der Waals surface area contributed by atoms with Gasteiger partial charge in [0, 0.05) is 19.6 Å². The number of hydrogen-bond acceptors (Lipinski definition) is 5. The Hall–Kier alpha value is -1.20. The van der Waals surface area contributed by atoms with Gasteiger partial charge in [-0.25, -0.2) is 4.98 Å². The Morgan fingerprint density at radius 3 is 2.74 bits per heavy atom. The molecule has 1 heterocycles. The van der Waals surface area contributed by atoms with Crippen molar-refractivity contribution in [2.45, 2.75) is 38.8 Å². The lowest BCUT2D eigenvalue weighted by Crippen LogP contribution is -2.36. The van der Waals surface area contributed by atoms with Crippen LogP contribution in [0.3, 0.4) is 0 Å². The van der Waals surface area contributed by atoms with E-state index >= 15 is 0 Å². The molecule has 1 fully saturated rings. The fraction of sp³-hybridized carbons (Fsp3) is 0.714. The highest BCUT2D eigenvalue weighted by molar-refractivity contribution is 5.30. The van der Waals surface area contributed by atoms with Gasteiger partial charge in [-0.1, -0.05) is 6.92 Å². The van der Waals surface area contributed by atoms with Crippen molar-refractivity contribution in [3.63, 3.8) is 0 Å². The molecular weight excluding hydrogens is 240 g/mol. The number of anilines is 1. The summed E-state index contributed by atoms with van der Waals surface area (Å²) >= 11 is 0. The number of nitrogens with zero attached hydrogens (tertiary/aromatic N) is 3. The SMILES string of the molecule is CCCNc1cnc(CN(C)CC2CC(O)C2)cn1.